The molecule has 0 spiro atoms. The summed E-state index contributed by atoms with van der Waals surface area (Å²) in [5, 5.41) is 1.67. The number of pyridine rings is 1. The van der Waals surface area contributed by atoms with Crippen LogP contribution in [-0.4, -0.2) is 42.0 Å². The fourth-order valence-electron chi connectivity index (χ4n) is 3.71. The van der Waals surface area contributed by atoms with Crippen LogP contribution in [0.3, 0.4) is 0 Å². The number of nitrogens with zero attached hydrogens (tertiary/aromatic N) is 3. The Balaban J connectivity index is 1.57. The van der Waals surface area contributed by atoms with Crippen molar-refractivity contribution in [2.45, 2.75) is 13.8 Å². The highest BCUT2D eigenvalue weighted by molar-refractivity contribution is 6.30. The van der Waals surface area contributed by atoms with Crippen LogP contribution in [-0.2, 0) is 0 Å². The van der Waals surface area contributed by atoms with Gasteiger partial charge in [0.25, 0.3) is 5.91 Å². The Morgan fingerprint density at radius 3 is 2.48 bits per heavy atom. The van der Waals surface area contributed by atoms with Crippen molar-refractivity contribution in [3.05, 3.63) is 70.4 Å². The van der Waals surface area contributed by atoms with Crippen LogP contribution in [0.25, 0.3) is 10.9 Å². The molecule has 4 rings (SSSR count). The molecule has 1 aliphatic heterocycles. The molecular weight excluding hydrogens is 358 g/mol. The Morgan fingerprint density at radius 1 is 1.00 bits per heavy atom. The number of halogens is 1. The molecule has 1 saturated heterocycles. The first-order valence-electron chi connectivity index (χ1n) is 9.20. The monoisotopic (exact) mass is 379 g/mol. The third kappa shape index (κ3) is 3.50. The van der Waals surface area contributed by atoms with Crippen molar-refractivity contribution in [1.82, 2.24) is 9.88 Å². The van der Waals surface area contributed by atoms with Gasteiger partial charge in [0.15, 0.2) is 0 Å². The van der Waals surface area contributed by atoms with Gasteiger partial charge in [-0.2, -0.15) is 0 Å². The molecule has 0 atom stereocenters. The van der Waals surface area contributed by atoms with Crippen molar-refractivity contribution in [1.29, 1.82) is 0 Å². The van der Waals surface area contributed by atoms with E-state index in [2.05, 4.69) is 16.0 Å². The van der Waals surface area contributed by atoms with Crippen LogP contribution >= 0.6 is 11.6 Å². The number of rotatable bonds is 2. The second kappa shape index (κ2) is 7.20. The van der Waals surface area contributed by atoms with E-state index in [1.807, 2.05) is 61.2 Å². The van der Waals surface area contributed by atoms with E-state index in [9.17, 15) is 4.79 Å². The SMILES string of the molecule is Cc1cc(C(=O)N2CCN(c3cccc(Cl)c3)CC2)c2cccc(C)c2n1. The van der Waals surface area contributed by atoms with Gasteiger partial charge in [-0.25, -0.2) is 0 Å². The number of hydrogen-bond acceptors (Lipinski definition) is 3. The third-order valence-electron chi connectivity index (χ3n) is 5.14. The lowest BCUT2D eigenvalue weighted by molar-refractivity contribution is 0.0748. The lowest BCUT2D eigenvalue weighted by Crippen LogP contribution is -2.48. The zero-order valence-corrected chi connectivity index (χ0v) is 16.3. The van der Waals surface area contributed by atoms with Crippen molar-refractivity contribution in [2.24, 2.45) is 0 Å². The molecule has 5 heteroatoms. The average Bonchev–Trinajstić information content (AvgIpc) is 2.68. The van der Waals surface area contributed by atoms with Gasteiger partial charge in [0.1, 0.15) is 0 Å². The van der Waals surface area contributed by atoms with Gasteiger partial charge in [0.05, 0.1) is 11.1 Å². The Hall–Kier alpha value is -2.59. The Bertz CT molecular complexity index is 1010. The summed E-state index contributed by atoms with van der Waals surface area (Å²) in [6.45, 7) is 6.97. The van der Waals surface area contributed by atoms with Crippen molar-refractivity contribution < 1.29 is 4.79 Å². The number of aryl methyl sites for hydroxylation is 2. The number of hydrogen-bond donors (Lipinski definition) is 0. The maximum atomic E-state index is 13.2. The number of benzene rings is 2. The van der Waals surface area contributed by atoms with Gasteiger partial charge >= 0.3 is 0 Å². The largest absolute Gasteiger partial charge is 0.368 e. The number of aromatic nitrogens is 1. The molecule has 4 nitrogen and oxygen atoms in total. The molecule has 1 aromatic heterocycles. The molecule has 0 N–H and O–H groups in total. The lowest BCUT2D eigenvalue weighted by Gasteiger charge is -2.36. The van der Waals surface area contributed by atoms with E-state index >= 15 is 0 Å². The fraction of sp³-hybridized carbons (Fsp3) is 0.273. The number of amides is 1. The first kappa shape index (κ1) is 17.8. The van der Waals surface area contributed by atoms with Crippen LogP contribution in [0.2, 0.25) is 5.02 Å². The molecule has 0 aliphatic carbocycles. The summed E-state index contributed by atoms with van der Waals surface area (Å²) in [7, 11) is 0. The molecule has 0 bridgehead atoms. The summed E-state index contributed by atoms with van der Waals surface area (Å²) < 4.78 is 0. The molecule has 0 radical (unpaired) electrons. The lowest BCUT2D eigenvalue weighted by atomic mass is 10.0. The molecule has 1 fully saturated rings. The second-order valence-corrected chi connectivity index (χ2v) is 7.48. The molecular formula is C22H22ClN3O. The molecule has 0 unspecified atom stereocenters. The fourth-order valence-corrected chi connectivity index (χ4v) is 3.89. The predicted octanol–water partition coefficient (Wildman–Crippen LogP) is 4.47. The smallest absolute Gasteiger partial charge is 0.254 e. The summed E-state index contributed by atoms with van der Waals surface area (Å²) in [6, 6.07) is 15.8. The van der Waals surface area contributed by atoms with E-state index in [1.165, 1.54) is 0 Å². The maximum absolute atomic E-state index is 13.2. The first-order chi connectivity index (χ1) is 13.0. The summed E-state index contributed by atoms with van der Waals surface area (Å²) in [5.74, 6) is 0.0850. The van der Waals surface area contributed by atoms with E-state index in [0.717, 1.165) is 51.5 Å². The van der Waals surface area contributed by atoms with Crippen LogP contribution in [0.4, 0.5) is 5.69 Å². The van der Waals surface area contributed by atoms with Gasteiger partial charge in [-0.05, 0) is 43.7 Å². The zero-order chi connectivity index (χ0) is 19.0. The summed E-state index contributed by atoms with van der Waals surface area (Å²) in [6.07, 6.45) is 0. The number of fused-ring (bicyclic) bond motifs is 1. The van der Waals surface area contributed by atoms with E-state index in [1.54, 1.807) is 0 Å². The Kier molecular flexibility index (Phi) is 4.75. The molecule has 0 saturated carbocycles. The summed E-state index contributed by atoms with van der Waals surface area (Å²) in [5.41, 5.74) is 4.74. The van der Waals surface area contributed by atoms with Gasteiger partial charge in [0, 0.05) is 48.0 Å². The maximum Gasteiger partial charge on any atom is 0.254 e. The standard InChI is InChI=1S/C22H22ClN3O/c1-15-5-3-8-19-20(13-16(2)24-21(15)19)22(27)26-11-9-25(10-12-26)18-7-4-6-17(23)14-18/h3-8,13-14H,9-12H2,1-2H3. The number of anilines is 1. The first-order valence-corrected chi connectivity index (χ1v) is 9.57. The molecule has 3 aromatic rings. The van der Waals surface area contributed by atoms with Gasteiger partial charge < -0.3 is 9.80 Å². The highest BCUT2D eigenvalue weighted by Gasteiger charge is 2.24. The minimum absolute atomic E-state index is 0.0850. The van der Waals surface area contributed by atoms with Crippen molar-refractivity contribution in [3.8, 4) is 0 Å². The highest BCUT2D eigenvalue weighted by atomic mass is 35.5. The minimum Gasteiger partial charge on any atom is -0.368 e. The van der Waals surface area contributed by atoms with E-state index in [0.29, 0.717) is 13.1 Å². The second-order valence-electron chi connectivity index (χ2n) is 7.04. The highest BCUT2D eigenvalue weighted by Crippen LogP contribution is 2.25. The van der Waals surface area contributed by atoms with E-state index < -0.39 is 0 Å². The predicted molar refractivity (Wildman–Crippen MR) is 111 cm³/mol. The average molecular weight is 380 g/mol. The number of para-hydroxylation sites is 1. The van der Waals surface area contributed by atoms with E-state index in [4.69, 9.17) is 11.6 Å². The third-order valence-corrected chi connectivity index (χ3v) is 5.38. The number of carbonyl (C=O) groups is 1. The Morgan fingerprint density at radius 2 is 1.74 bits per heavy atom. The van der Waals surface area contributed by atoms with Crippen LogP contribution in [0.15, 0.2) is 48.5 Å². The van der Waals surface area contributed by atoms with Crippen molar-refractivity contribution in [2.75, 3.05) is 31.1 Å². The number of carbonyl (C=O) groups excluding carboxylic acids is 1. The molecule has 27 heavy (non-hydrogen) atoms. The van der Waals surface area contributed by atoms with Crippen LogP contribution in [0.5, 0.6) is 0 Å². The zero-order valence-electron chi connectivity index (χ0n) is 15.6. The van der Waals surface area contributed by atoms with Crippen LogP contribution < -0.4 is 4.90 Å². The molecule has 1 aliphatic rings. The van der Waals surface area contributed by atoms with Crippen LogP contribution in [0, 0.1) is 13.8 Å². The quantitative estimate of drug-likeness (QED) is 0.659. The minimum atomic E-state index is 0.0850. The van der Waals surface area contributed by atoms with Gasteiger partial charge in [-0.3, -0.25) is 9.78 Å². The van der Waals surface area contributed by atoms with Crippen molar-refractivity contribution >= 4 is 34.1 Å². The van der Waals surface area contributed by atoms with Gasteiger partial charge in [-0.1, -0.05) is 35.9 Å². The summed E-state index contributed by atoms with van der Waals surface area (Å²) in [4.78, 5) is 22.1. The Labute approximate surface area is 164 Å². The normalized spacial score (nSPS) is 14.6. The van der Waals surface area contributed by atoms with Crippen LogP contribution in [0.1, 0.15) is 21.6 Å². The molecule has 1 amide bonds. The molecule has 2 heterocycles. The number of piperazine rings is 1. The molecule has 138 valence electrons. The van der Waals surface area contributed by atoms with Gasteiger partial charge in [-0.15, -0.1) is 0 Å². The van der Waals surface area contributed by atoms with Gasteiger partial charge in [0.2, 0.25) is 0 Å². The van der Waals surface area contributed by atoms with Crippen molar-refractivity contribution in [3.63, 3.8) is 0 Å². The molecule has 2 aromatic carbocycles. The van der Waals surface area contributed by atoms with E-state index in [-0.39, 0.29) is 5.91 Å². The topological polar surface area (TPSA) is 36.4 Å². The summed E-state index contributed by atoms with van der Waals surface area (Å²) >= 11 is 6.11.